The summed E-state index contributed by atoms with van der Waals surface area (Å²) in [7, 11) is 0. The summed E-state index contributed by atoms with van der Waals surface area (Å²) in [5.41, 5.74) is 3.22. The van der Waals surface area contributed by atoms with Crippen LogP contribution in [0.2, 0.25) is 5.02 Å². The van der Waals surface area contributed by atoms with Crippen LogP contribution in [0, 0.1) is 6.92 Å². The third-order valence-electron chi connectivity index (χ3n) is 4.36. The van der Waals surface area contributed by atoms with Crippen LogP contribution in [-0.2, 0) is 13.0 Å². The van der Waals surface area contributed by atoms with E-state index in [0.717, 1.165) is 35.9 Å². The van der Waals surface area contributed by atoms with Crippen molar-refractivity contribution in [1.82, 2.24) is 19.7 Å². The maximum Gasteiger partial charge on any atom is 0.200 e. The first-order valence-corrected chi connectivity index (χ1v) is 8.19. The van der Waals surface area contributed by atoms with Gasteiger partial charge in [0, 0.05) is 24.2 Å². The van der Waals surface area contributed by atoms with E-state index < -0.39 is 0 Å². The average Bonchev–Trinajstić information content (AvgIpc) is 2.99. The van der Waals surface area contributed by atoms with Crippen LogP contribution in [0.3, 0.4) is 0 Å². The molecule has 4 rings (SSSR count). The largest absolute Gasteiger partial charge is 0.253 e. The molecule has 0 saturated carbocycles. The maximum atomic E-state index is 6.44. The molecule has 0 saturated heterocycles. The van der Waals surface area contributed by atoms with Crippen LogP contribution < -0.4 is 0 Å². The molecule has 0 N–H and O–H groups in total. The first-order chi connectivity index (χ1) is 11.2. The van der Waals surface area contributed by atoms with Crippen molar-refractivity contribution in [1.29, 1.82) is 0 Å². The van der Waals surface area contributed by atoms with Crippen molar-refractivity contribution < 1.29 is 0 Å². The molecule has 1 aromatic carbocycles. The Bertz CT molecular complexity index is 841. The van der Waals surface area contributed by atoms with Gasteiger partial charge in [0.2, 0.25) is 0 Å². The zero-order chi connectivity index (χ0) is 15.8. The molecule has 1 atom stereocenters. The predicted molar refractivity (Wildman–Crippen MR) is 90.5 cm³/mol. The normalized spacial score (nSPS) is 17.0. The number of pyridine rings is 1. The number of aromatic nitrogens is 4. The molecule has 0 spiro atoms. The molecule has 4 nitrogen and oxygen atoms in total. The fraction of sp³-hybridized carbons (Fsp3) is 0.278. The smallest absolute Gasteiger partial charge is 0.200 e. The summed E-state index contributed by atoms with van der Waals surface area (Å²) in [6.07, 6.45) is 3.66. The van der Waals surface area contributed by atoms with Crippen LogP contribution in [0.4, 0.5) is 0 Å². The zero-order valence-corrected chi connectivity index (χ0v) is 13.7. The number of hydrogen-bond acceptors (Lipinski definition) is 3. The minimum absolute atomic E-state index is 0.399. The van der Waals surface area contributed by atoms with Crippen molar-refractivity contribution in [3.8, 4) is 11.5 Å². The van der Waals surface area contributed by atoms with Crippen molar-refractivity contribution in [2.24, 2.45) is 0 Å². The molecule has 3 aromatic rings. The topological polar surface area (TPSA) is 43.6 Å². The van der Waals surface area contributed by atoms with Gasteiger partial charge in [-0.1, -0.05) is 29.8 Å². The average molecular weight is 325 g/mol. The minimum atomic E-state index is 0.399. The molecule has 0 amide bonds. The summed E-state index contributed by atoms with van der Waals surface area (Å²) in [6, 6.07) is 12.1. The summed E-state index contributed by atoms with van der Waals surface area (Å²) in [6.45, 7) is 2.93. The van der Waals surface area contributed by atoms with Crippen LogP contribution in [0.15, 0.2) is 42.6 Å². The van der Waals surface area contributed by atoms with Crippen molar-refractivity contribution in [2.45, 2.75) is 32.2 Å². The lowest BCUT2D eigenvalue weighted by atomic mass is 9.89. The number of hydrogen-bond donors (Lipinski definition) is 0. The van der Waals surface area contributed by atoms with E-state index in [4.69, 9.17) is 16.6 Å². The highest BCUT2D eigenvalue weighted by Crippen LogP contribution is 2.34. The molecule has 23 heavy (non-hydrogen) atoms. The van der Waals surface area contributed by atoms with E-state index in [-0.39, 0.29) is 0 Å². The molecule has 0 bridgehead atoms. The summed E-state index contributed by atoms with van der Waals surface area (Å²) in [5, 5.41) is 5.45. The van der Waals surface area contributed by atoms with Gasteiger partial charge >= 0.3 is 0 Å². The van der Waals surface area contributed by atoms with Gasteiger partial charge in [0.15, 0.2) is 5.82 Å². The van der Waals surface area contributed by atoms with Crippen LogP contribution in [0.1, 0.15) is 29.3 Å². The monoisotopic (exact) mass is 324 g/mol. The minimum Gasteiger partial charge on any atom is -0.253 e. The molecule has 0 fully saturated rings. The van der Waals surface area contributed by atoms with E-state index in [1.165, 1.54) is 11.1 Å². The maximum absolute atomic E-state index is 6.44. The Morgan fingerprint density at radius 2 is 2.13 bits per heavy atom. The highest BCUT2D eigenvalue weighted by atomic mass is 35.5. The first-order valence-electron chi connectivity index (χ1n) is 7.82. The molecule has 0 aliphatic carbocycles. The van der Waals surface area contributed by atoms with Crippen molar-refractivity contribution >= 4 is 11.6 Å². The summed E-state index contributed by atoms with van der Waals surface area (Å²) in [4.78, 5) is 9.02. The molecule has 2 aromatic heterocycles. The SMILES string of the molecule is Cc1ccc(C2CCn3nc(-c4ccccn4)nc3C2)c(Cl)c1. The van der Waals surface area contributed by atoms with Gasteiger partial charge < -0.3 is 0 Å². The molecule has 1 aliphatic heterocycles. The third-order valence-corrected chi connectivity index (χ3v) is 4.68. The highest BCUT2D eigenvalue weighted by molar-refractivity contribution is 6.31. The number of fused-ring (bicyclic) bond motifs is 1. The molecule has 116 valence electrons. The van der Waals surface area contributed by atoms with Crippen LogP contribution in [0.5, 0.6) is 0 Å². The lowest BCUT2D eigenvalue weighted by Gasteiger charge is -2.23. The van der Waals surface area contributed by atoms with Crippen LogP contribution >= 0.6 is 11.6 Å². The quantitative estimate of drug-likeness (QED) is 0.714. The molecular weight excluding hydrogens is 308 g/mol. The van der Waals surface area contributed by atoms with E-state index in [0.29, 0.717) is 11.7 Å². The van der Waals surface area contributed by atoms with E-state index in [1.807, 2.05) is 28.9 Å². The molecule has 0 radical (unpaired) electrons. The van der Waals surface area contributed by atoms with Gasteiger partial charge in [-0.05, 0) is 48.6 Å². The van der Waals surface area contributed by atoms with Gasteiger partial charge in [-0.2, -0.15) is 0 Å². The van der Waals surface area contributed by atoms with E-state index >= 15 is 0 Å². The second-order valence-electron chi connectivity index (χ2n) is 6.00. The Hall–Kier alpha value is -2.20. The predicted octanol–water partition coefficient (Wildman–Crippen LogP) is 4.03. The van der Waals surface area contributed by atoms with Gasteiger partial charge in [0.1, 0.15) is 11.5 Å². The summed E-state index contributed by atoms with van der Waals surface area (Å²) >= 11 is 6.44. The number of halogens is 1. The fourth-order valence-corrected chi connectivity index (χ4v) is 3.53. The van der Waals surface area contributed by atoms with Crippen molar-refractivity contribution in [3.63, 3.8) is 0 Å². The van der Waals surface area contributed by atoms with Crippen molar-refractivity contribution in [2.75, 3.05) is 0 Å². The molecule has 1 unspecified atom stereocenters. The van der Waals surface area contributed by atoms with E-state index in [1.54, 1.807) is 6.20 Å². The van der Waals surface area contributed by atoms with Crippen LogP contribution in [-0.4, -0.2) is 19.7 Å². The Kier molecular flexibility index (Phi) is 3.62. The van der Waals surface area contributed by atoms with Crippen LogP contribution in [0.25, 0.3) is 11.5 Å². The number of rotatable bonds is 2. The second-order valence-corrected chi connectivity index (χ2v) is 6.41. The van der Waals surface area contributed by atoms with Gasteiger partial charge in [0.25, 0.3) is 0 Å². The van der Waals surface area contributed by atoms with Gasteiger partial charge in [-0.25, -0.2) is 9.67 Å². The molecule has 3 heterocycles. The standard InChI is InChI=1S/C18H17ClN4/c1-12-5-6-14(15(19)10-12)13-7-9-23-17(11-13)21-18(22-23)16-4-2-3-8-20-16/h2-6,8,10,13H,7,9,11H2,1H3. The molecular formula is C18H17ClN4. The lowest BCUT2D eigenvalue weighted by Crippen LogP contribution is -2.19. The Balaban J connectivity index is 1.63. The van der Waals surface area contributed by atoms with Gasteiger partial charge in [0.05, 0.1) is 0 Å². The van der Waals surface area contributed by atoms with Gasteiger partial charge in [-0.3, -0.25) is 4.98 Å². The summed E-state index contributed by atoms with van der Waals surface area (Å²) < 4.78 is 2.00. The number of nitrogens with zero attached hydrogens (tertiary/aromatic N) is 4. The van der Waals surface area contributed by atoms with Gasteiger partial charge in [-0.15, -0.1) is 5.10 Å². The van der Waals surface area contributed by atoms with Crippen molar-refractivity contribution in [3.05, 3.63) is 64.6 Å². The lowest BCUT2D eigenvalue weighted by molar-refractivity contribution is 0.434. The highest BCUT2D eigenvalue weighted by Gasteiger charge is 2.25. The third kappa shape index (κ3) is 2.75. The first kappa shape index (κ1) is 14.4. The molecule has 1 aliphatic rings. The van der Waals surface area contributed by atoms with E-state index in [9.17, 15) is 0 Å². The summed E-state index contributed by atoms with van der Waals surface area (Å²) in [5.74, 6) is 2.12. The zero-order valence-electron chi connectivity index (χ0n) is 12.9. The fourth-order valence-electron chi connectivity index (χ4n) is 3.14. The Labute approximate surface area is 140 Å². The Morgan fingerprint density at radius 1 is 1.22 bits per heavy atom. The van der Waals surface area contributed by atoms with E-state index in [2.05, 4.69) is 29.1 Å². The Morgan fingerprint density at radius 3 is 2.91 bits per heavy atom. The number of aryl methyl sites for hydroxylation is 2. The second kappa shape index (κ2) is 5.78. The number of benzene rings is 1. The molecule has 5 heteroatoms.